The molecule has 4 heterocycles. The average Bonchev–Trinajstić information content (AvgIpc) is 3.47. The van der Waals surface area contributed by atoms with Gasteiger partial charge in [0.1, 0.15) is 5.69 Å². The van der Waals surface area contributed by atoms with Gasteiger partial charge >= 0.3 is 0 Å². The maximum Gasteiger partial charge on any atom is 0.274 e. The largest absolute Gasteiger partial charge is 0.481 e. The summed E-state index contributed by atoms with van der Waals surface area (Å²) in [5, 5.41) is 21.8. The number of hydrogen-bond acceptors (Lipinski definition) is 9. The van der Waals surface area contributed by atoms with Gasteiger partial charge in [-0.3, -0.25) is 19.6 Å². The lowest BCUT2D eigenvalue weighted by Gasteiger charge is -2.16. The molecule has 5 N–H and O–H groups in total. The molecule has 5 rings (SSSR count). The maximum absolute atomic E-state index is 13.2. The van der Waals surface area contributed by atoms with Crippen LogP contribution < -0.4 is 26.0 Å². The van der Waals surface area contributed by atoms with Crippen molar-refractivity contribution in [2.75, 3.05) is 32.1 Å². The highest BCUT2D eigenvalue weighted by Gasteiger charge is 2.21. The van der Waals surface area contributed by atoms with Crippen molar-refractivity contribution in [2.45, 2.75) is 45.8 Å². The van der Waals surface area contributed by atoms with E-state index < -0.39 is 0 Å². The predicted octanol–water partition coefficient (Wildman–Crippen LogP) is 4.19. The number of aryl methyl sites for hydroxylation is 1. The topological polar surface area (TPSA) is 150 Å². The Bertz CT molecular complexity index is 1730. The summed E-state index contributed by atoms with van der Waals surface area (Å²) < 4.78 is 5.61. The van der Waals surface area contributed by atoms with Gasteiger partial charge in [-0.2, -0.15) is 0 Å². The molecule has 1 aliphatic rings. The molecule has 0 unspecified atom stereocenters. The number of carbonyl (C=O) groups excluding carboxylic acids is 2. The summed E-state index contributed by atoms with van der Waals surface area (Å²) in [5.41, 5.74) is 6.98. The minimum absolute atomic E-state index is 0.0534. The lowest BCUT2D eigenvalue weighted by Crippen LogP contribution is -2.35. The molecule has 0 radical (unpaired) electrons. The second-order valence-electron chi connectivity index (χ2n) is 11.2. The van der Waals surface area contributed by atoms with E-state index in [0.717, 1.165) is 34.2 Å². The van der Waals surface area contributed by atoms with Crippen LogP contribution in [0, 0.1) is 13.8 Å². The van der Waals surface area contributed by atoms with E-state index in [1.54, 1.807) is 19.5 Å². The van der Waals surface area contributed by atoms with Gasteiger partial charge in [0.2, 0.25) is 11.8 Å². The molecular formula is C34H38ClN7O4. The van der Waals surface area contributed by atoms with Crippen LogP contribution in [0.3, 0.4) is 0 Å². The second kappa shape index (κ2) is 15.2. The number of anilines is 1. The number of aromatic nitrogens is 3. The Balaban J connectivity index is 1.33. The third kappa shape index (κ3) is 7.68. The van der Waals surface area contributed by atoms with E-state index in [1.165, 1.54) is 0 Å². The van der Waals surface area contributed by atoms with E-state index in [1.807, 2.05) is 56.3 Å². The number of ether oxygens (including phenoxy) is 1. The van der Waals surface area contributed by atoms with Crippen molar-refractivity contribution in [3.63, 3.8) is 0 Å². The summed E-state index contributed by atoms with van der Waals surface area (Å²) >= 11 is 6.98. The zero-order valence-electron chi connectivity index (χ0n) is 26.1. The number of carbonyl (C=O) groups is 2. The first-order chi connectivity index (χ1) is 22.3. The molecule has 0 saturated carbocycles. The first-order valence-electron chi connectivity index (χ1n) is 15.2. The average molecular weight is 644 g/mol. The number of methoxy groups -OCH3 is 1. The van der Waals surface area contributed by atoms with Crippen molar-refractivity contribution in [2.24, 2.45) is 0 Å². The Hall–Kier alpha value is -4.42. The minimum Gasteiger partial charge on any atom is -0.481 e. The lowest BCUT2D eigenvalue weighted by atomic mass is 10.0. The van der Waals surface area contributed by atoms with Gasteiger partial charge in [0.25, 0.3) is 5.91 Å². The number of hydrogen-bond donors (Lipinski definition) is 5. The quantitative estimate of drug-likeness (QED) is 0.135. The molecular weight excluding hydrogens is 606 g/mol. The summed E-state index contributed by atoms with van der Waals surface area (Å²) in [6.07, 6.45) is 4.74. The lowest BCUT2D eigenvalue weighted by molar-refractivity contribution is -0.119. The number of nitrogens with zero attached hydrogens (tertiary/aromatic N) is 3. The first-order valence-corrected chi connectivity index (χ1v) is 15.5. The number of amides is 2. The molecule has 1 fully saturated rings. The molecule has 1 aromatic carbocycles. The number of pyridine rings is 3. The van der Waals surface area contributed by atoms with Crippen LogP contribution in [0.15, 0.2) is 54.9 Å². The van der Waals surface area contributed by atoms with Gasteiger partial charge in [-0.1, -0.05) is 35.9 Å². The molecule has 1 atom stereocenters. The fraction of sp³-hybridized carbons (Fsp3) is 0.324. The second-order valence-corrected chi connectivity index (χ2v) is 11.5. The molecule has 0 spiro atoms. The van der Waals surface area contributed by atoms with Crippen molar-refractivity contribution in [3.8, 4) is 28.4 Å². The third-order valence-electron chi connectivity index (χ3n) is 7.89. The summed E-state index contributed by atoms with van der Waals surface area (Å²) in [7, 11) is 1.58. The molecule has 240 valence electrons. The monoisotopic (exact) mass is 643 g/mol. The van der Waals surface area contributed by atoms with Crippen molar-refractivity contribution in [1.82, 2.24) is 30.9 Å². The van der Waals surface area contributed by atoms with E-state index in [-0.39, 0.29) is 24.5 Å². The van der Waals surface area contributed by atoms with E-state index in [0.29, 0.717) is 71.8 Å². The van der Waals surface area contributed by atoms with E-state index in [9.17, 15) is 9.59 Å². The molecule has 2 amide bonds. The zero-order valence-corrected chi connectivity index (χ0v) is 26.9. The highest BCUT2D eigenvalue weighted by Crippen LogP contribution is 2.38. The molecule has 3 aromatic heterocycles. The highest BCUT2D eigenvalue weighted by atomic mass is 35.5. The normalized spacial score (nSPS) is 14.3. The SMILES string of the molecule is COc1nc(-c2ccnc(-c3cccc(NC(=O)c4ncc(CNCCO)cc4C)c3C)c2Cl)ccc1CNC[C@H]1CCC(=O)N1. The maximum atomic E-state index is 13.2. The Kier molecular flexibility index (Phi) is 10.9. The Labute approximate surface area is 273 Å². The van der Waals surface area contributed by atoms with E-state index >= 15 is 0 Å². The van der Waals surface area contributed by atoms with Crippen LogP contribution in [0.5, 0.6) is 5.88 Å². The Morgan fingerprint density at radius 1 is 1.11 bits per heavy atom. The highest BCUT2D eigenvalue weighted by molar-refractivity contribution is 6.35. The summed E-state index contributed by atoms with van der Waals surface area (Å²) in [6.45, 7) is 6.05. The third-order valence-corrected chi connectivity index (χ3v) is 8.28. The number of benzene rings is 1. The molecule has 12 heteroatoms. The van der Waals surface area contributed by atoms with Crippen molar-refractivity contribution < 1.29 is 19.4 Å². The fourth-order valence-corrected chi connectivity index (χ4v) is 5.77. The summed E-state index contributed by atoms with van der Waals surface area (Å²) in [5.74, 6) is 0.252. The van der Waals surface area contributed by atoms with Gasteiger partial charge in [0, 0.05) is 73.4 Å². The van der Waals surface area contributed by atoms with Crippen LogP contribution in [0.2, 0.25) is 5.02 Å². The fourth-order valence-electron chi connectivity index (χ4n) is 5.46. The zero-order chi connectivity index (χ0) is 32.6. The van der Waals surface area contributed by atoms with E-state index in [4.69, 9.17) is 26.4 Å². The standard InChI is InChI=1S/C34H38ClN7O4/c1-20-15-22(16-36-13-14-43)17-39-31(20)33(45)41-27-6-4-5-25(21(27)2)32-30(35)26(11-12-38-32)28-9-7-23(34(42-28)46-3)18-37-19-24-8-10-29(44)40-24/h4-7,9,11-12,15,17,24,36-37,43H,8,10,13-14,16,18-19H2,1-3H3,(H,40,44)(H,41,45)/t24-/m1/s1. The van der Waals surface area contributed by atoms with Crippen molar-refractivity contribution >= 4 is 29.1 Å². The Morgan fingerprint density at radius 2 is 1.96 bits per heavy atom. The molecule has 4 aromatic rings. The van der Waals surface area contributed by atoms with Crippen LogP contribution >= 0.6 is 11.6 Å². The van der Waals surface area contributed by atoms with Gasteiger partial charge in [-0.15, -0.1) is 0 Å². The van der Waals surface area contributed by atoms with Gasteiger partial charge in [-0.05, 0) is 55.2 Å². The van der Waals surface area contributed by atoms with Crippen LogP contribution in [0.25, 0.3) is 22.5 Å². The molecule has 0 bridgehead atoms. The smallest absolute Gasteiger partial charge is 0.274 e. The minimum atomic E-state index is -0.320. The summed E-state index contributed by atoms with van der Waals surface area (Å²) in [4.78, 5) is 38.5. The number of halogens is 1. The summed E-state index contributed by atoms with van der Waals surface area (Å²) in [6, 6.07) is 13.3. The molecule has 0 aliphatic carbocycles. The van der Waals surface area contributed by atoms with Crippen molar-refractivity contribution in [3.05, 3.63) is 87.8 Å². The molecule has 46 heavy (non-hydrogen) atoms. The van der Waals surface area contributed by atoms with Gasteiger partial charge in [0.15, 0.2) is 0 Å². The van der Waals surface area contributed by atoms with Crippen LogP contribution in [-0.4, -0.2) is 64.7 Å². The number of rotatable bonds is 13. The van der Waals surface area contributed by atoms with Gasteiger partial charge < -0.3 is 31.1 Å². The number of nitrogens with one attached hydrogen (secondary N) is 4. The van der Waals surface area contributed by atoms with Gasteiger partial charge in [0.05, 0.1) is 30.1 Å². The van der Waals surface area contributed by atoms with Crippen molar-refractivity contribution in [1.29, 1.82) is 0 Å². The predicted molar refractivity (Wildman–Crippen MR) is 178 cm³/mol. The molecule has 1 saturated heterocycles. The number of aliphatic hydroxyl groups excluding tert-OH is 1. The Morgan fingerprint density at radius 3 is 2.70 bits per heavy atom. The van der Waals surface area contributed by atoms with Crippen LogP contribution in [0.1, 0.15) is 45.6 Å². The molecule has 11 nitrogen and oxygen atoms in total. The first kappa shape index (κ1) is 33.0. The van der Waals surface area contributed by atoms with Gasteiger partial charge in [-0.25, -0.2) is 4.98 Å². The van der Waals surface area contributed by atoms with Crippen LogP contribution in [-0.2, 0) is 17.9 Å². The molecule has 1 aliphatic heterocycles. The number of aliphatic hydroxyl groups is 1. The van der Waals surface area contributed by atoms with E-state index in [2.05, 4.69) is 31.2 Å². The van der Waals surface area contributed by atoms with Crippen LogP contribution in [0.4, 0.5) is 5.69 Å².